The van der Waals surface area contributed by atoms with Gasteiger partial charge in [-0.25, -0.2) is 0 Å². The Morgan fingerprint density at radius 3 is 1.81 bits per heavy atom. The van der Waals surface area contributed by atoms with E-state index in [9.17, 15) is 20.1 Å². The molecule has 5 N–H and O–H groups in total. The number of carbonyl (C=O) groups excluding carboxylic acids is 1. The van der Waals surface area contributed by atoms with Crippen molar-refractivity contribution in [1.29, 1.82) is 0 Å². The van der Waals surface area contributed by atoms with Crippen LogP contribution in [0, 0.1) is 0 Å². The van der Waals surface area contributed by atoms with E-state index < -0.39 is 44.5 Å². The number of Topliss-reactive ketones (excluding diaryl/α,β-unsaturated/α-hetero) is 1. The van der Waals surface area contributed by atoms with E-state index >= 15 is 0 Å². The van der Waals surface area contributed by atoms with Gasteiger partial charge in [-0.3, -0.25) is 4.79 Å². The van der Waals surface area contributed by atoms with Crippen molar-refractivity contribution in [2.45, 2.75) is 43.7 Å². The second-order valence-corrected chi connectivity index (χ2v) is 10.2. The van der Waals surface area contributed by atoms with Crippen molar-refractivity contribution in [3.05, 3.63) is 0 Å². The van der Waals surface area contributed by atoms with Crippen LogP contribution in [-0.4, -0.2) is 70.0 Å². The van der Waals surface area contributed by atoms with E-state index in [4.69, 9.17) is 10.2 Å². The fourth-order valence-corrected chi connectivity index (χ4v) is 2.21. The van der Waals surface area contributed by atoms with Gasteiger partial charge in [-0.05, 0) is 0 Å². The Labute approximate surface area is 95.2 Å². The molecule has 16 heavy (non-hydrogen) atoms. The molecule has 96 valence electrons. The van der Waals surface area contributed by atoms with Crippen LogP contribution >= 0.6 is 0 Å². The molecule has 0 aromatic heterocycles. The van der Waals surface area contributed by atoms with Gasteiger partial charge >= 0.3 is 0 Å². The number of aliphatic hydroxyl groups is 5. The summed E-state index contributed by atoms with van der Waals surface area (Å²) in [5, 5.41) is 46.0. The summed E-state index contributed by atoms with van der Waals surface area (Å²) in [5.41, 5.74) is -1.22. The molecular weight excluding hydrogens is 232 g/mol. The summed E-state index contributed by atoms with van der Waals surface area (Å²) in [4.78, 5) is 11.4. The third kappa shape index (κ3) is 3.93. The van der Waals surface area contributed by atoms with Crippen LogP contribution in [0.3, 0.4) is 0 Å². The molecule has 0 saturated heterocycles. The van der Waals surface area contributed by atoms with E-state index in [0.29, 0.717) is 0 Å². The average molecular weight is 252 g/mol. The minimum Gasteiger partial charge on any atom is -0.394 e. The van der Waals surface area contributed by atoms with Gasteiger partial charge in [0.25, 0.3) is 0 Å². The highest BCUT2D eigenvalue weighted by Gasteiger charge is 2.39. The van der Waals surface area contributed by atoms with Crippen LogP contribution in [-0.2, 0) is 4.79 Å². The van der Waals surface area contributed by atoms with Gasteiger partial charge in [0.05, 0.1) is 20.4 Å². The number of ketones is 1. The third-order valence-electron chi connectivity index (χ3n) is 2.32. The lowest BCUT2D eigenvalue weighted by atomic mass is 10.1. The highest BCUT2D eigenvalue weighted by Crippen LogP contribution is 2.13. The number of carbonyl (C=O) groups is 1. The molecule has 0 radical (unpaired) electrons. The number of hydrogen-bond donors (Lipinski definition) is 5. The van der Waals surface area contributed by atoms with Gasteiger partial charge in [0.15, 0.2) is 5.78 Å². The average Bonchev–Trinajstić information content (AvgIpc) is 2.22. The van der Waals surface area contributed by atoms with Crippen LogP contribution in [0.4, 0.5) is 0 Å². The molecule has 0 amide bonds. The first-order valence-corrected chi connectivity index (χ1v) is 8.57. The van der Waals surface area contributed by atoms with Crippen LogP contribution in [0.5, 0.6) is 0 Å². The summed E-state index contributed by atoms with van der Waals surface area (Å²) < 4.78 is 0. The fourth-order valence-electron chi connectivity index (χ4n) is 1.09. The van der Waals surface area contributed by atoms with E-state index in [1.807, 2.05) is 0 Å². The second kappa shape index (κ2) is 5.85. The van der Waals surface area contributed by atoms with Crippen molar-refractivity contribution in [2.24, 2.45) is 0 Å². The molecule has 0 bridgehead atoms. The lowest BCUT2D eigenvalue weighted by Crippen LogP contribution is -2.54. The van der Waals surface area contributed by atoms with Gasteiger partial charge in [-0.2, -0.15) is 0 Å². The highest BCUT2D eigenvalue weighted by atomic mass is 28.3. The summed E-state index contributed by atoms with van der Waals surface area (Å²) in [6.07, 6.45) is -5.26. The maximum atomic E-state index is 11.4. The van der Waals surface area contributed by atoms with Crippen molar-refractivity contribution in [2.75, 3.05) is 6.61 Å². The summed E-state index contributed by atoms with van der Waals surface area (Å²) >= 11 is 0. The molecule has 0 aliphatic rings. The molecule has 0 spiro atoms. The zero-order chi connectivity index (χ0) is 13.1. The molecule has 6 nitrogen and oxygen atoms in total. The molecule has 0 aromatic rings. The Morgan fingerprint density at radius 2 is 1.50 bits per heavy atom. The van der Waals surface area contributed by atoms with E-state index in [1.54, 1.807) is 19.6 Å². The monoisotopic (exact) mass is 252 g/mol. The number of rotatable bonds is 6. The van der Waals surface area contributed by atoms with E-state index in [-0.39, 0.29) is 0 Å². The van der Waals surface area contributed by atoms with Gasteiger partial charge in [0.2, 0.25) is 0 Å². The molecule has 7 heteroatoms. The standard InChI is InChI=1S/C9H20O6Si/c1-16(2,3)9(15)8(14)7(13)6(12)5(11)4-10/h5-6,8-12,14-15H,4H2,1-3H3/t5-,6+,8-,9?/m1/s1. The number of hydrogen-bond acceptors (Lipinski definition) is 6. The topological polar surface area (TPSA) is 118 Å². The van der Waals surface area contributed by atoms with Crippen LogP contribution in [0.1, 0.15) is 0 Å². The fraction of sp³-hybridized carbons (Fsp3) is 0.889. The minimum absolute atomic E-state index is 0.789. The first kappa shape index (κ1) is 15.7. The highest BCUT2D eigenvalue weighted by molar-refractivity contribution is 6.77. The molecule has 0 aliphatic heterocycles. The van der Waals surface area contributed by atoms with Crippen molar-refractivity contribution in [1.82, 2.24) is 0 Å². The van der Waals surface area contributed by atoms with Crippen molar-refractivity contribution in [3.8, 4) is 0 Å². The summed E-state index contributed by atoms with van der Waals surface area (Å²) in [6.45, 7) is 4.47. The maximum Gasteiger partial charge on any atom is 0.194 e. The van der Waals surface area contributed by atoms with Crippen molar-refractivity contribution < 1.29 is 30.3 Å². The zero-order valence-corrected chi connectivity index (χ0v) is 10.7. The van der Waals surface area contributed by atoms with Gasteiger partial charge in [0, 0.05) is 0 Å². The Kier molecular flexibility index (Phi) is 5.74. The second-order valence-electron chi connectivity index (χ2n) is 4.85. The van der Waals surface area contributed by atoms with Crippen molar-refractivity contribution >= 4 is 13.9 Å². The van der Waals surface area contributed by atoms with E-state index in [1.165, 1.54) is 0 Å². The molecule has 0 aromatic carbocycles. The first-order valence-electron chi connectivity index (χ1n) is 4.99. The lowest BCUT2D eigenvalue weighted by molar-refractivity contribution is -0.146. The lowest BCUT2D eigenvalue weighted by Gasteiger charge is -2.29. The predicted octanol–water partition coefficient (Wildman–Crippen LogP) is -2.13. The third-order valence-corrected chi connectivity index (χ3v) is 4.41. The molecule has 0 saturated carbocycles. The van der Waals surface area contributed by atoms with Crippen molar-refractivity contribution in [3.63, 3.8) is 0 Å². The Hall–Kier alpha value is -0.313. The smallest absolute Gasteiger partial charge is 0.194 e. The summed E-state index contributed by atoms with van der Waals surface area (Å²) in [5.74, 6) is -1.07. The van der Waals surface area contributed by atoms with Gasteiger partial charge < -0.3 is 25.5 Å². The molecule has 0 fully saturated rings. The van der Waals surface area contributed by atoms with E-state index in [0.717, 1.165) is 0 Å². The van der Waals surface area contributed by atoms with Crippen LogP contribution < -0.4 is 0 Å². The van der Waals surface area contributed by atoms with Gasteiger partial charge in [-0.15, -0.1) is 0 Å². The quantitative estimate of drug-likeness (QED) is 0.345. The first-order chi connectivity index (χ1) is 7.12. The Bertz CT molecular complexity index is 239. The maximum absolute atomic E-state index is 11.4. The molecule has 4 atom stereocenters. The largest absolute Gasteiger partial charge is 0.394 e. The predicted molar refractivity (Wildman–Crippen MR) is 59.5 cm³/mol. The Morgan fingerprint density at radius 1 is 1.06 bits per heavy atom. The van der Waals surface area contributed by atoms with Crippen LogP contribution in [0.25, 0.3) is 0 Å². The minimum atomic E-state index is -2.15. The summed E-state index contributed by atoms with van der Waals surface area (Å²) in [7, 11) is -2.15. The normalized spacial score (nSPS) is 20.0. The number of aliphatic hydroxyl groups excluding tert-OH is 5. The van der Waals surface area contributed by atoms with Crippen LogP contribution in [0.15, 0.2) is 0 Å². The molecule has 0 aliphatic carbocycles. The van der Waals surface area contributed by atoms with Gasteiger partial charge in [0.1, 0.15) is 18.3 Å². The Balaban J connectivity index is 4.62. The van der Waals surface area contributed by atoms with Crippen LogP contribution in [0.2, 0.25) is 19.6 Å². The SMILES string of the molecule is C[Si](C)(C)C(O)[C@H](O)C(=O)[C@@H](O)[C@H](O)CO. The summed E-state index contributed by atoms with van der Waals surface area (Å²) in [6, 6.07) is 0. The van der Waals surface area contributed by atoms with E-state index in [2.05, 4.69) is 0 Å². The molecular formula is C9H20O6Si. The molecule has 0 heterocycles. The zero-order valence-electron chi connectivity index (χ0n) is 9.66. The molecule has 0 rings (SSSR count). The molecule has 1 unspecified atom stereocenters. The van der Waals surface area contributed by atoms with Gasteiger partial charge in [-0.1, -0.05) is 19.6 Å².